The maximum atomic E-state index is 13.2. The number of carbonyl (C=O) groups is 1. The molecule has 5 rings (SSSR count). The maximum Gasteiger partial charge on any atom is 0.317 e. The van der Waals surface area contributed by atoms with Crippen LogP contribution in [0.25, 0.3) is 0 Å². The Bertz CT molecular complexity index is 796. The van der Waals surface area contributed by atoms with E-state index in [0.29, 0.717) is 24.2 Å². The van der Waals surface area contributed by atoms with E-state index in [0.717, 1.165) is 18.4 Å². The summed E-state index contributed by atoms with van der Waals surface area (Å²) < 4.78 is 12.1. The van der Waals surface area contributed by atoms with Gasteiger partial charge < -0.3 is 19.7 Å². The second kappa shape index (κ2) is 5.87. The van der Waals surface area contributed by atoms with Crippen molar-refractivity contribution in [2.75, 3.05) is 6.61 Å². The average molecular weight is 374 g/mol. The molecule has 1 aromatic carbocycles. The van der Waals surface area contributed by atoms with E-state index < -0.39 is 11.5 Å². The Morgan fingerprint density at radius 3 is 2.59 bits per heavy atom. The first-order valence-corrected chi connectivity index (χ1v) is 10.1. The van der Waals surface area contributed by atoms with Gasteiger partial charge in [-0.25, -0.2) is 0 Å². The van der Waals surface area contributed by atoms with Crippen LogP contribution in [0.5, 0.6) is 11.5 Å². The predicted octanol–water partition coefficient (Wildman–Crippen LogP) is 4.30. The predicted molar refractivity (Wildman–Crippen MR) is 101 cm³/mol. The summed E-state index contributed by atoms with van der Waals surface area (Å²) in [7, 11) is 0. The maximum absolute atomic E-state index is 13.2. The number of carbonyl (C=O) groups excluding carboxylic acids is 1. The molecule has 2 heterocycles. The van der Waals surface area contributed by atoms with Crippen LogP contribution in [-0.2, 0) is 19.7 Å². The quantitative estimate of drug-likeness (QED) is 0.609. The lowest BCUT2D eigenvalue weighted by Crippen LogP contribution is -2.66. The van der Waals surface area contributed by atoms with Crippen molar-refractivity contribution in [3.8, 4) is 11.5 Å². The molecule has 0 aromatic heterocycles. The molecule has 2 N–H and O–H groups in total. The fourth-order valence-electron chi connectivity index (χ4n) is 6.05. The van der Waals surface area contributed by atoms with Gasteiger partial charge in [0.05, 0.1) is 0 Å². The lowest BCUT2D eigenvalue weighted by atomic mass is 9.46. The van der Waals surface area contributed by atoms with Gasteiger partial charge in [0.15, 0.2) is 17.6 Å². The molecular weight excluding hydrogens is 344 g/mol. The lowest BCUT2D eigenvalue weighted by Gasteiger charge is -2.61. The monoisotopic (exact) mass is 374 g/mol. The summed E-state index contributed by atoms with van der Waals surface area (Å²) in [6.07, 6.45) is 1.69. The molecule has 0 unspecified atom stereocenters. The molecule has 4 aliphatic rings. The largest absolute Gasteiger partial charge is 0.504 e. The van der Waals surface area contributed by atoms with E-state index in [1.165, 1.54) is 0 Å². The molecule has 1 aromatic rings. The van der Waals surface area contributed by atoms with Crippen molar-refractivity contribution in [1.29, 1.82) is 0 Å². The van der Waals surface area contributed by atoms with Gasteiger partial charge in [-0.2, -0.15) is 0 Å². The molecular formula is C22H30O5. The average Bonchev–Trinajstić information content (AvgIpc) is 2.58. The molecule has 5 nitrogen and oxygen atoms in total. The van der Waals surface area contributed by atoms with Crippen LogP contribution in [0.15, 0.2) is 6.07 Å². The minimum Gasteiger partial charge on any atom is -0.504 e. The number of aromatic hydroxyl groups is 2. The van der Waals surface area contributed by atoms with Gasteiger partial charge in [0.25, 0.3) is 0 Å². The van der Waals surface area contributed by atoms with Gasteiger partial charge in [-0.05, 0) is 37.2 Å². The molecule has 0 radical (unpaired) electrons. The molecule has 1 spiro atoms. The minimum atomic E-state index is -0.956. The van der Waals surface area contributed by atoms with Crippen molar-refractivity contribution < 1.29 is 24.5 Å². The Morgan fingerprint density at radius 2 is 1.96 bits per heavy atom. The van der Waals surface area contributed by atoms with Crippen molar-refractivity contribution in [1.82, 2.24) is 0 Å². The molecule has 1 saturated carbocycles. The fourth-order valence-corrected chi connectivity index (χ4v) is 6.05. The normalized spacial score (nSPS) is 33.6. The molecule has 148 valence electrons. The first-order valence-electron chi connectivity index (χ1n) is 10.1. The van der Waals surface area contributed by atoms with E-state index in [9.17, 15) is 15.0 Å². The third-order valence-electron chi connectivity index (χ3n) is 7.06. The van der Waals surface area contributed by atoms with Gasteiger partial charge in [-0.15, -0.1) is 0 Å². The van der Waals surface area contributed by atoms with Gasteiger partial charge in [0, 0.05) is 29.2 Å². The second-order valence-corrected chi connectivity index (χ2v) is 9.32. The van der Waals surface area contributed by atoms with Crippen molar-refractivity contribution in [2.24, 2.45) is 11.3 Å². The Kier molecular flexibility index (Phi) is 4.05. The minimum absolute atomic E-state index is 0.0407. The molecule has 0 amide bonds. The Hall–Kier alpha value is -1.75. The van der Waals surface area contributed by atoms with Gasteiger partial charge in [-0.1, -0.05) is 34.1 Å². The molecule has 2 aliphatic carbocycles. The summed E-state index contributed by atoms with van der Waals surface area (Å²) in [5, 5.41) is 21.7. The molecule has 27 heavy (non-hydrogen) atoms. The van der Waals surface area contributed by atoms with Gasteiger partial charge >= 0.3 is 5.97 Å². The van der Waals surface area contributed by atoms with Gasteiger partial charge in [0.1, 0.15) is 11.5 Å². The number of rotatable bonds is 3. The number of benzene rings is 1. The van der Waals surface area contributed by atoms with Gasteiger partial charge in [0.2, 0.25) is 0 Å². The lowest BCUT2D eigenvalue weighted by molar-refractivity contribution is -0.222. The summed E-state index contributed by atoms with van der Waals surface area (Å²) in [6, 6.07) is 1.91. The van der Waals surface area contributed by atoms with Crippen molar-refractivity contribution in [3.05, 3.63) is 22.8 Å². The Morgan fingerprint density at radius 1 is 1.26 bits per heavy atom. The van der Waals surface area contributed by atoms with Crippen LogP contribution in [0.4, 0.5) is 0 Å². The van der Waals surface area contributed by atoms with Crippen LogP contribution in [0.3, 0.4) is 0 Å². The zero-order chi connectivity index (χ0) is 19.7. The molecule has 2 fully saturated rings. The number of phenolic OH excluding ortho intramolecular Hbond substituents is 2. The highest BCUT2D eigenvalue weighted by Crippen LogP contribution is 2.67. The highest BCUT2D eigenvalue weighted by atomic mass is 16.6. The number of fused-ring (bicyclic) bond motifs is 1. The van der Waals surface area contributed by atoms with E-state index in [4.69, 9.17) is 9.47 Å². The topological polar surface area (TPSA) is 76.0 Å². The van der Waals surface area contributed by atoms with Gasteiger partial charge in [-0.3, -0.25) is 4.79 Å². The summed E-state index contributed by atoms with van der Waals surface area (Å²) in [5.74, 6) is -0.573. The fraction of sp³-hybridized carbons (Fsp3) is 0.682. The standard InChI is InChI=1S/C22H30O5/c1-6-26-18-17-13-10-12(11(2)3)15(23)16(24)14(13)22(20(25)27-17)9-7-8-21(4,5)19(18)22/h10-11,17-19,23-24H,6-9H2,1-5H3/t17-,18-,19+,22+/m1/s1. The van der Waals surface area contributed by atoms with Crippen molar-refractivity contribution >= 4 is 5.97 Å². The molecule has 1 saturated heterocycles. The van der Waals surface area contributed by atoms with Crippen LogP contribution < -0.4 is 0 Å². The van der Waals surface area contributed by atoms with Crippen LogP contribution in [0.2, 0.25) is 0 Å². The SMILES string of the molecule is CCO[C@@H]1[C@@H]2OC(=O)[C@@]3(CCCC(C)(C)[C@H]13)c1c2cc(C(C)C)c(O)c1O. The number of ether oxygens (including phenoxy) is 2. The van der Waals surface area contributed by atoms with Crippen LogP contribution in [0.1, 0.15) is 82.6 Å². The highest BCUT2D eigenvalue weighted by molar-refractivity contribution is 5.90. The summed E-state index contributed by atoms with van der Waals surface area (Å²) >= 11 is 0. The first kappa shape index (κ1) is 18.6. The number of phenols is 2. The molecule has 2 aliphatic heterocycles. The third-order valence-corrected chi connectivity index (χ3v) is 7.06. The van der Waals surface area contributed by atoms with Crippen LogP contribution in [-0.4, -0.2) is 28.9 Å². The molecule has 4 atom stereocenters. The summed E-state index contributed by atoms with van der Waals surface area (Å²) in [5.41, 5.74) is 0.975. The number of hydrogen-bond acceptors (Lipinski definition) is 5. The molecule has 5 heteroatoms. The van der Waals surface area contributed by atoms with E-state index in [1.807, 2.05) is 26.8 Å². The Labute approximate surface area is 160 Å². The smallest absolute Gasteiger partial charge is 0.317 e. The highest BCUT2D eigenvalue weighted by Gasteiger charge is 2.69. The van der Waals surface area contributed by atoms with Crippen molar-refractivity contribution in [2.45, 2.75) is 77.4 Å². The molecule has 2 bridgehead atoms. The van der Waals surface area contributed by atoms with E-state index in [1.54, 1.807) is 0 Å². The van der Waals surface area contributed by atoms with E-state index >= 15 is 0 Å². The zero-order valence-electron chi connectivity index (χ0n) is 16.8. The van der Waals surface area contributed by atoms with Crippen LogP contribution >= 0.6 is 0 Å². The van der Waals surface area contributed by atoms with Crippen LogP contribution in [0, 0.1) is 11.3 Å². The Balaban J connectivity index is 2.05. The van der Waals surface area contributed by atoms with Crippen molar-refractivity contribution in [3.63, 3.8) is 0 Å². The number of hydrogen-bond donors (Lipinski definition) is 2. The second-order valence-electron chi connectivity index (χ2n) is 9.32. The number of esters is 1. The van der Waals surface area contributed by atoms with E-state index in [-0.39, 0.29) is 40.8 Å². The van der Waals surface area contributed by atoms with E-state index in [2.05, 4.69) is 13.8 Å². The first-order chi connectivity index (χ1) is 12.7. The summed E-state index contributed by atoms with van der Waals surface area (Å²) in [6.45, 7) is 10.8. The zero-order valence-corrected chi connectivity index (χ0v) is 16.8. The summed E-state index contributed by atoms with van der Waals surface area (Å²) in [4.78, 5) is 13.2. The third kappa shape index (κ3) is 2.24.